The number of amides is 1. The van der Waals surface area contributed by atoms with Gasteiger partial charge >= 0.3 is 6.09 Å². The molecule has 1 atom stereocenters. The fourth-order valence-electron chi connectivity index (χ4n) is 3.08. The molecule has 0 saturated carbocycles. The Morgan fingerprint density at radius 1 is 1.39 bits per heavy atom. The van der Waals surface area contributed by atoms with Crippen LogP contribution in [0.25, 0.3) is 6.08 Å². The summed E-state index contributed by atoms with van der Waals surface area (Å²) in [5.74, 6) is 0.490. The third-order valence-corrected chi connectivity index (χ3v) is 4.72. The third-order valence-electron chi connectivity index (χ3n) is 4.72. The van der Waals surface area contributed by atoms with Crippen molar-refractivity contribution < 1.29 is 14.3 Å². The highest BCUT2D eigenvalue weighted by Gasteiger charge is 2.29. The molecule has 1 unspecified atom stereocenters. The lowest BCUT2D eigenvalue weighted by Gasteiger charge is -2.24. The van der Waals surface area contributed by atoms with Gasteiger partial charge in [0.15, 0.2) is 0 Å². The van der Waals surface area contributed by atoms with E-state index in [2.05, 4.69) is 17.6 Å². The Morgan fingerprint density at radius 3 is 2.89 bits per heavy atom. The number of carbonyl (C=O) groups excluding carboxylic acids is 1. The number of aromatic nitrogens is 1. The summed E-state index contributed by atoms with van der Waals surface area (Å²) in [6, 6.07) is 3.98. The van der Waals surface area contributed by atoms with Crippen molar-refractivity contribution in [3.63, 3.8) is 0 Å². The number of rotatable bonds is 8. The number of nitrogens with zero attached hydrogens (tertiary/aromatic N) is 2. The van der Waals surface area contributed by atoms with Gasteiger partial charge in [0.1, 0.15) is 5.60 Å². The molecule has 2 heterocycles. The average Bonchev–Trinajstić information content (AvgIpc) is 3.08. The van der Waals surface area contributed by atoms with Gasteiger partial charge in [0.05, 0.1) is 6.61 Å². The molecule has 28 heavy (non-hydrogen) atoms. The molecule has 0 N–H and O–H groups in total. The molecule has 1 aliphatic heterocycles. The Hall–Kier alpha value is -2.14. The van der Waals surface area contributed by atoms with Gasteiger partial charge in [-0.25, -0.2) is 4.79 Å². The van der Waals surface area contributed by atoms with Crippen LogP contribution in [0.5, 0.6) is 0 Å². The van der Waals surface area contributed by atoms with Crippen LogP contribution in [-0.4, -0.2) is 47.9 Å². The van der Waals surface area contributed by atoms with Crippen LogP contribution in [0.2, 0.25) is 0 Å². The van der Waals surface area contributed by atoms with E-state index in [9.17, 15) is 4.79 Å². The lowest BCUT2D eigenvalue weighted by molar-refractivity contribution is 0.0284. The van der Waals surface area contributed by atoms with Crippen molar-refractivity contribution in [1.82, 2.24) is 9.88 Å². The Balaban J connectivity index is 1.59. The van der Waals surface area contributed by atoms with Gasteiger partial charge in [-0.2, -0.15) is 0 Å². The molecule has 0 aromatic carbocycles. The molecule has 1 aromatic rings. The minimum absolute atomic E-state index is 0.206. The monoisotopic (exact) mass is 386 g/mol. The fraction of sp³-hybridized carbons (Fsp3) is 0.565. The Bertz CT molecular complexity index is 691. The maximum absolute atomic E-state index is 12.1. The average molecular weight is 387 g/mol. The highest BCUT2D eigenvalue weighted by Crippen LogP contribution is 2.22. The van der Waals surface area contributed by atoms with Crippen LogP contribution in [0.3, 0.4) is 0 Å². The predicted octanol–water partition coefficient (Wildman–Crippen LogP) is 5.01. The maximum atomic E-state index is 12.1. The van der Waals surface area contributed by atoms with Crippen LogP contribution in [0.15, 0.2) is 36.6 Å². The van der Waals surface area contributed by atoms with Crippen molar-refractivity contribution in [1.29, 1.82) is 0 Å². The summed E-state index contributed by atoms with van der Waals surface area (Å²) in [5, 5.41) is 0. The second-order valence-corrected chi connectivity index (χ2v) is 8.40. The second kappa shape index (κ2) is 10.4. The number of likely N-dealkylation sites (tertiary alicyclic amines) is 1. The quantitative estimate of drug-likeness (QED) is 0.465. The zero-order chi connectivity index (χ0) is 20.6. The summed E-state index contributed by atoms with van der Waals surface area (Å²) >= 11 is 0. The van der Waals surface area contributed by atoms with Crippen molar-refractivity contribution in [2.24, 2.45) is 5.92 Å². The molecule has 1 amide bonds. The third kappa shape index (κ3) is 7.85. The zero-order valence-corrected chi connectivity index (χ0v) is 17.7. The number of allylic oxidation sites excluding steroid dienone is 1. The molecule has 1 saturated heterocycles. The molecule has 0 spiro atoms. The van der Waals surface area contributed by atoms with Gasteiger partial charge in [0.25, 0.3) is 0 Å². The van der Waals surface area contributed by atoms with E-state index in [0.717, 1.165) is 49.2 Å². The summed E-state index contributed by atoms with van der Waals surface area (Å²) in [4.78, 5) is 18.2. The maximum Gasteiger partial charge on any atom is 0.410 e. The summed E-state index contributed by atoms with van der Waals surface area (Å²) < 4.78 is 11.2. The van der Waals surface area contributed by atoms with Gasteiger partial charge in [-0.15, -0.1) is 0 Å². The first-order chi connectivity index (χ1) is 13.2. The molecule has 1 aliphatic rings. The van der Waals surface area contributed by atoms with Crippen LogP contribution in [-0.2, 0) is 9.47 Å². The summed E-state index contributed by atoms with van der Waals surface area (Å²) in [6.07, 6.45) is 8.47. The zero-order valence-electron chi connectivity index (χ0n) is 17.7. The van der Waals surface area contributed by atoms with Gasteiger partial charge in [-0.3, -0.25) is 4.98 Å². The van der Waals surface area contributed by atoms with Gasteiger partial charge in [0, 0.05) is 31.6 Å². The molecular weight excluding hydrogens is 352 g/mol. The first-order valence-electron chi connectivity index (χ1n) is 10.1. The van der Waals surface area contributed by atoms with Gasteiger partial charge in [-0.05, 0) is 64.5 Å². The standard InChI is InChI=1S/C23H34N2O3/c1-18(8-9-21-7-6-13-24-19(21)2)11-15-27-16-12-20-10-14-25(17-20)22(26)28-23(3,4)5/h6-9,13,20H,1,10-12,14-17H2,2-5H3/b9-8-. The minimum atomic E-state index is -0.440. The van der Waals surface area contributed by atoms with E-state index in [4.69, 9.17) is 9.47 Å². The summed E-state index contributed by atoms with van der Waals surface area (Å²) in [7, 11) is 0. The fourth-order valence-corrected chi connectivity index (χ4v) is 3.08. The Labute approximate surface area is 169 Å². The van der Waals surface area contributed by atoms with E-state index in [0.29, 0.717) is 19.1 Å². The van der Waals surface area contributed by atoms with Crippen molar-refractivity contribution in [2.45, 2.75) is 52.6 Å². The molecule has 154 valence electrons. The largest absolute Gasteiger partial charge is 0.444 e. The number of aryl methyl sites for hydroxylation is 1. The van der Waals surface area contributed by atoms with E-state index >= 15 is 0 Å². The molecule has 1 fully saturated rings. The predicted molar refractivity (Wildman–Crippen MR) is 113 cm³/mol. The van der Waals surface area contributed by atoms with Crippen molar-refractivity contribution in [2.75, 3.05) is 26.3 Å². The van der Waals surface area contributed by atoms with Gasteiger partial charge < -0.3 is 14.4 Å². The van der Waals surface area contributed by atoms with Crippen LogP contribution < -0.4 is 0 Å². The van der Waals surface area contributed by atoms with Crippen LogP contribution in [0, 0.1) is 12.8 Å². The molecule has 0 bridgehead atoms. The SMILES string of the molecule is C=C(/C=C\c1cccnc1C)CCOCCC1CCN(C(=O)OC(C)(C)C)C1. The summed E-state index contributed by atoms with van der Waals surface area (Å²) in [5.41, 5.74) is 2.73. The number of carbonyl (C=O) groups is 1. The van der Waals surface area contributed by atoms with Crippen molar-refractivity contribution in [3.05, 3.63) is 47.8 Å². The molecule has 0 aliphatic carbocycles. The molecular formula is C23H34N2O3. The second-order valence-electron chi connectivity index (χ2n) is 8.40. The normalized spacial score (nSPS) is 17.3. The molecule has 5 heteroatoms. The highest BCUT2D eigenvalue weighted by molar-refractivity contribution is 5.68. The molecule has 1 aromatic heterocycles. The van der Waals surface area contributed by atoms with Crippen molar-refractivity contribution in [3.8, 4) is 0 Å². The van der Waals surface area contributed by atoms with Gasteiger partial charge in [0.2, 0.25) is 0 Å². The van der Waals surface area contributed by atoms with E-state index in [1.807, 2.05) is 50.8 Å². The lowest BCUT2D eigenvalue weighted by atomic mass is 10.1. The van der Waals surface area contributed by atoms with E-state index in [1.54, 1.807) is 6.20 Å². The Morgan fingerprint density at radius 2 is 2.18 bits per heavy atom. The van der Waals surface area contributed by atoms with E-state index in [-0.39, 0.29) is 6.09 Å². The van der Waals surface area contributed by atoms with E-state index in [1.165, 1.54) is 0 Å². The first kappa shape index (κ1) is 22.2. The molecule has 5 nitrogen and oxygen atoms in total. The topological polar surface area (TPSA) is 51.7 Å². The van der Waals surface area contributed by atoms with Crippen molar-refractivity contribution >= 4 is 12.2 Å². The Kier molecular flexibility index (Phi) is 8.24. The lowest BCUT2D eigenvalue weighted by Crippen LogP contribution is -2.35. The number of hydrogen-bond acceptors (Lipinski definition) is 4. The molecule has 0 radical (unpaired) electrons. The minimum Gasteiger partial charge on any atom is -0.444 e. The molecule has 2 rings (SSSR count). The first-order valence-corrected chi connectivity index (χ1v) is 10.1. The van der Waals surface area contributed by atoms with Crippen LogP contribution >= 0.6 is 0 Å². The van der Waals surface area contributed by atoms with Crippen LogP contribution in [0.4, 0.5) is 4.79 Å². The van der Waals surface area contributed by atoms with Gasteiger partial charge in [-0.1, -0.05) is 30.4 Å². The smallest absolute Gasteiger partial charge is 0.410 e. The highest BCUT2D eigenvalue weighted by atomic mass is 16.6. The number of ether oxygens (including phenoxy) is 2. The summed E-state index contributed by atoms with van der Waals surface area (Å²) in [6.45, 7) is 14.7. The number of hydrogen-bond donors (Lipinski definition) is 0. The number of pyridine rings is 1. The van der Waals surface area contributed by atoms with E-state index < -0.39 is 5.60 Å². The van der Waals surface area contributed by atoms with Crippen LogP contribution in [0.1, 0.15) is 51.3 Å².